The summed E-state index contributed by atoms with van der Waals surface area (Å²) in [7, 11) is 0. The maximum Gasteiger partial charge on any atom is 0.272 e. The maximum absolute atomic E-state index is 13.4. The van der Waals surface area contributed by atoms with E-state index in [-0.39, 0.29) is 22.6 Å². The Morgan fingerprint density at radius 2 is 1.49 bits per heavy atom. The Morgan fingerprint density at radius 1 is 0.767 bits per heavy atom. The number of aryl methyl sites for hydroxylation is 1. The number of benzene rings is 4. The molecule has 3 N–H and O–H groups in total. The van der Waals surface area contributed by atoms with Crippen LogP contribution in [0, 0.1) is 6.92 Å². The summed E-state index contributed by atoms with van der Waals surface area (Å²) in [5, 5.41) is 8.17. The fourth-order valence-electron chi connectivity index (χ4n) is 4.21. The van der Waals surface area contributed by atoms with Crippen LogP contribution < -0.4 is 16.0 Å². The highest BCUT2D eigenvalue weighted by molar-refractivity contribution is 8.00. The second-order valence-corrected chi connectivity index (χ2v) is 11.2. The minimum Gasteiger partial charge on any atom is -0.325 e. The first-order chi connectivity index (χ1) is 20.7. The van der Waals surface area contributed by atoms with Crippen molar-refractivity contribution in [2.75, 3.05) is 10.6 Å². The molecule has 43 heavy (non-hydrogen) atoms. The van der Waals surface area contributed by atoms with E-state index in [1.165, 1.54) is 18.7 Å². The van der Waals surface area contributed by atoms with E-state index in [2.05, 4.69) is 16.0 Å². The van der Waals surface area contributed by atoms with E-state index < -0.39 is 11.8 Å². The molecule has 0 saturated carbocycles. The van der Waals surface area contributed by atoms with Gasteiger partial charge < -0.3 is 16.0 Å². The van der Waals surface area contributed by atoms with Gasteiger partial charge in [0.15, 0.2) is 5.78 Å². The predicted octanol–water partition coefficient (Wildman–Crippen LogP) is 7.12. The molecule has 0 fully saturated rings. The van der Waals surface area contributed by atoms with Crippen LogP contribution in [-0.2, 0) is 9.59 Å². The van der Waals surface area contributed by atoms with Crippen molar-refractivity contribution in [2.24, 2.45) is 0 Å². The molecule has 1 atom stereocenters. The lowest BCUT2D eigenvalue weighted by Crippen LogP contribution is -2.30. The first kappa shape index (κ1) is 31.0. The Kier molecular flexibility index (Phi) is 10.7. The summed E-state index contributed by atoms with van der Waals surface area (Å²) in [6, 6.07) is 30.3. The second kappa shape index (κ2) is 14.8. The highest BCUT2D eigenvalue weighted by Crippen LogP contribution is 2.29. The van der Waals surface area contributed by atoms with E-state index in [9.17, 15) is 19.2 Å². The number of anilines is 2. The van der Waals surface area contributed by atoms with E-state index in [1.807, 2.05) is 50.2 Å². The molecule has 0 aliphatic carbocycles. The van der Waals surface area contributed by atoms with Crippen LogP contribution in [0.1, 0.15) is 52.1 Å². The second-order valence-electron chi connectivity index (χ2n) is 9.91. The third kappa shape index (κ3) is 9.02. The summed E-state index contributed by atoms with van der Waals surface area (Å²) in [6.45, 7) is 5.38. The van der Waals surface area contributed by atoms with Crippen molar-refractivity contribution in [3.63, 3.8) is 0 Å². The number of carbonyl (C=O) groups is 4. The van der Waals surface area contributed by atoms with Gasteiger partial charge in [0.2, 0.25) is 5.91 Å². The molecule has 4 aromatic carbocycles. The van der Waals surface area contributed by atoms with E-state index >= 15 is 0 Å². The quantitative estimate of drug-likeness (QED) is 0.0979. The molecule has 4 aromatic rings. The summed E-state index contributed by atoms with van der Waals surface area (Å²) in [6.07, 6.45) is 2.22. The van der Waals surface area contributed by atoms with Gasteiger partial charge in [-0.15, -0.1) is 11.8 Å². The van der Waals surface area contributed by atoms with E-state index in [0.29, 0.717) is 28.9 Å². The summed E-state index contributed by atoms with van der Waals surface area (Å²) in [5.74, 6) is -1.08. The number of rotatable bonds is 11. The number of nitrogens with one attached hydrogen (secondary N) is 3. The standard InChI is InChI=1S/C35H33N3O4S/c1-4-32(35(42)36-28-18-16-26(17-19-28)24(3)39)43-30-15-9-14-29(22-30)37-34(41)31(21-25-11-8-10-23(2)20-25)38-33(40)27-12-6-5-7-13-27/h5-22,32H,4H2,1-3H3,(H,36,42)(H,37,41)(H,38,40)/b31-21+. The van der Waals surface area contributed by atoms with Crippen molar-refractivity contribution in [1.29, 1.82) is 0 Å². The van der Waals surface area contributed by atoms with Gasteiger partial charge in [0, 0.05) is 27.4 Å². The van der Waals surface area contributed by atoms with Crippen LogP contribution in [-0.4, -0.2) is 28.8 Å². The maximum atomic E-state index is 13.4. The van der Waals surface area contributed by atoms with Gasteiger partial charge in [-0.2, -0.15) is 0 Å². The van der Waals surface area contributed by atoms with Crippen LogP contribution in [0.2, 0.25) is 0 Å². The molecule has 0 aromatic heterocycles. The largest absolute Gasteiger partial charge is 0.325 e. The van der Waals surface area contributed by atoms with Crippen LogP contribution in [0.4, 0.5) is 11.4 Å². The summed E-state index contributed by atoms with van der Waals surface area (Å²) in [5.41, 5.74) is 4.04. The van der Waals surface area contributed by atoms with Crippen molar-refractivity contribution in [3.05, 3.63) is 131 Å². The molecule has 8 heteroatoms. The fraction of sp³-hybridized carbons (Fsp3) is 0.143. The Labute approximate surface area is 255 Å². The molecule has 0 spiro atoms. The van der Waals surface area contributed by atoms with Gasteiger partial charge in [0.1, 0.15) is 5.70 Å². The first-order valence-electron chi connectivity index (χ1n) is 13.9. The third-order valence-corrected chi connectivity index (χ3v) is 7.83. The zero-order valence-electron chi connectivity index (χ0n) is 24.2. The van der Waals surface area contributed by atoms with Gasteiger partial charge in [-0.3, -0.25) is 19.2 Å². The smallest absolute Gasteiger partial charge is 0.272 e. The molecular weight excluding hydrogens is 558 g/mol. The zero-order valence-corrected chi connectivity index (χ0v) is 25.0. The molecule has 0 saturated heterocycles. The molecule has 4 rings (SSSR count). The minimum atomic E-state index is -0.480. The normalized spacial score (nSPS) is 11.7. The number of Topliss-reactive ketones (excluding diaryl/α,β-unsaturated/α-hetero) is 1. The Morgan fingerprint density at radius 3 is 2.16 bits per heavy atom. The number of amides is 3. The first-order valence-corrected chi connectivity index (χ1v) is 14.7. The van der Waals surface area contributed by atoms with Gasteiger partial charge in [-0.05, 0) is 86.5 Å². The van der Waals surface area contributed by atoms with Crippen molar-refractivity contribution in [3.8, 4) is 0 Å². The SMILES string of the molecule is CCC(Sc1cccc(NC(=O)/C(=C\c2cccc(C)c2)NC(=O)c2ccccc2)c1)C(=O)Nc1ccc(C(C)=O)cc1. The Hall–Kier alpha value is -4.95. The van der Waals surface area contributed by atoms with Gasteiger partial charge in [0.25, 0.3) is 11.8 Å². The molecule has 0 aliphatic heterocycles. The van der Waals surface area contributed by atoms with Crippen LogP contribution in [0.5, 0.6) is 0 Å². The Balaban J connectivity index is 1.48. The molecule has 0 aliphatic rings. The summed E-state index contributed by atoms with van der Waals surface area (Å²) >= 11 is 1.38. The molecular formula is C35H33N3O4S. The number of carbonyl (C=O) groups excluding carboxylic acids is 4. The Bertz CT molecular complexity index is 1650. The van der Waals surface area contributed by atoms with Gasteiger partial charge in [0.05, 0.1) is 5.25 Å². The average Bonchev–Trinajstić information content (AvgIpc) is 3.00. The number of thioether (sulfide) groups is 1. The monoisotopic (exact) mass is 591 g/mol. The molecule has 1 unspecified atom stereocenters. The zero-order chi connectivity index (χ0) is 30.8. The number of ketones is 1. The molecule has 0 heterocycles. The highest BCUT2D eigenvalue weighted by Gasteiger charge is 2.19. The lowest BCUT2D eigenvalue weighted by Gasteiger charge is -2.16. The molecule has 0 radical (unpaired) electrons. The number of hydrogen-bond donors (Lipinski definition) is 3. The van der Waals surface area contributed by atoms with Gasteiger partial charge in [-0.1, -0.05) is 61.0 Å². The molecule has 218 valence electrons. The van der Waals surface area contributed by atoms with Crippen molar-refractivity contribution < 1.29 is 19.2 Å². The lowest BCUT2D eigenvalue weighted by atomic mass is 10.1. The topological polar surface area (TPSA) is 104 Å². The van der Waals surface area contributed by atoms with Gasteiger partial charge >= 0.3 is 0 Å². The number of hydrogen-bond acceptors (Lipinski definition) is 5. The summed E-state index contributed by atoms with van der Waals surface area (Å²) < 4.78 is 0. The van der Waals surface area contributed by atoms with Crippen molar-refractivity contribution in [1.82, 2.24) is 5.32 Å². The van der Waals surface area contributed by atoms with E-state index in [1.54, 1.807) is 72.8 Å². The van der Waals surface area contributed by atoms with E-state index in [4.69, 9.17) is 0 Å². The van der Waals surface area contributed by atoms with Crippen LogP contribution >= 0.6 is 11.8 Å². The van der Waals surface area contributed by atoms with Crippen LogP contribution in [0.15, 0.2) is 114 Å². The summed E-state index contributed by atoms with van der Waals surface area (Å²) in [4.78, 5) is 51.7. The highest BCUT2D eigenvalue weighted by atomic mass is 32.2. The predicted molar refractivity (Wildman–Crippen MR) is 173 cm³/mol. The van der Waals surface area contributed by atoms with Crippen molar-refractivity contribution in [2.45, 2.75) is 37.3 Å². The average molecular weight is 592 g/mol. The minimum absolute atomic E-state index is 0.0387. The van der Waals surface area contributed by atoms with E-state index in [0.717, 1.165) is 16.0 Å². The van der Waals surface area contributed by atoms with Gasteiger partial charge in [-0.25, -0.2) is 0 Å². The van der Waals surface area contributed by atoms with Crippen LogP contribution in [0.25, 0.3) is 6.08 Å². The van der Waals surface area contributed by atoms with Crippen molar-refractivity contribution >= 4 is 52.7 Å². The third-order valence-electron chi connectivity index (χ3n) is 6.47. The molecule has 3 amide bonds. The van der Waals surface area contributed by atoms with Crippen LogP contribution in [0.3, 0.4) is 0 Å². The lowest BCUT2D eigenvalue weighted by molar-refractivity contribution is -0.116. The molecule has 7 nitrogen and oxygen atoms in total. The fourth-order valence-corrected chi connectivity index (χ4v) is 5.23. The molecule has 0 bridgehead atoms.